The number of benzene rings is 3. The van der Waals surface area contributed by atoms with Crippen molar-refractivity contribution in [1.82, 2.24) is 9.88 Å². The third-order valence-corrected chi connectivity index (χ3v) is 7.56. The molecule has 6 nitrogen and oxygen atoms in total. The lowest BCUT2D eigenvalue weighted by Gasteiger charge is -2.23. The highest BCUT2D eigenvalue weighted by molar-refractivity contribution is 5.97. The molecule has 2 amide bonds. The Morgan fingerprint density at radius 2 is 1.76 bits per heavy atom. The van der Waals surface area contributed by atoms with Gasteiger partial charge in [0.05, 0.1) is 0 Å². The zero-order valence-corrected chi connectivity index (χ0v) is 20.8. The van der Waals surface area contributed by atoms with E-state index in [-0.39, 0.29) is 12.5 Å². The van der Waals surface area contributed by atoms with Gasteiger partial charge in [-0.15, -0.1) is 0 Å². The van der Waals surface area contributed by atoms with Crippen molar-refractivity contribution in [1.29, 1.82) is 0 Å². The number of aromatic amines is 1. The molecule has 0 bridgehead atoms. The minimum Gasteiger partial charge on any atom is -0.445 e. The number of nitrogens with one attached hydrogen (secondary N) is 2. The van der Waals surface area contributed by atoms with Crippen LogP contribution in [-0.2, 0) is 29.0 Å². The largest absolute Gasteiger partial charge is 0.445 e. The van der Waals surface area contributed by atoms with Crippen LogP contribution in [0.4, 0.5) is 10.5 Å². The minimum atomic E-state index is -0.533. The molecule has 188 valence electrons. The molecule has 2 aliphatic rings. The second-order valence-electron chi connectivity index (χ2n) is 10.0. The van der Waals surface area contributed by atoms with E-state index in [1.54, 1.807) is 4.90 Å². The standard InChI is InChI=1S/C31H31N3O3/c35-30(29-14-7-17-34(29)31(36)37-20-21-8-2-1-3-9-21)32-24-11-6-10-22(18-24)23-15-16-28-26(19-23)25-12-4-5-13-27(25)33-28/h1-3,6,8-11,15-16,18-19,29,33H,4-5,7,12-14,17,20H2,(H,32,35). The van der Waals surface area contributed by atoms with Crippen molar-refractivity contribution in [3.8, 4) is 11.1 Å². The molecule has 0 spiro atoms. The van der Waals surface area contributed by atoms with E-state index in [1.165, 1.54) is 35.0 Å². The van der Waals surface area contributed by atoms with Crippen LogP contribution in [-0.4, -0.2) is 34.5 Å². The van der Waals surface area contributed by atoms with E-state index in [2.05, 4.69) is 34.6 Å². The van der Waals surface area contributed by atoms with Gasteiger partial charge >= 0.3 is 6.09 Å². The van der Waals surface area contributed by atoms with Gasteiger partial charge in [0.2, 0.25) is 5.91 Å². The molecule has 0 radical (unpaired) electrons. The number of carbonyl (C=O) groups is 2. The Morgan fingerprint density at radius 3 is 2.65 bits per heavy atom. The van der Waals surface area contributed by atoms with Gasteiger partial charge in [0.1, 0.15) is 12.6 Å². The number of ether oxygens (including phenoxy) is 1. The van der Waals surface area contributed by atoms with Gasteiger partial charge in [-0.2, -0.15) is 0 Å². The first-order valence-electron chi connectivity index (χ1n) is 13.2. The molecule has 1 aromatic heterocycles. The van der Waals surface area contributed by atoms with Crippen molar-refractivity contribution in [3.05, 3.63) is 89.6 Å². The molecule has 1 atom stereocenters. The Bertz CT molecular complexity index is 1440. The predicted octanol–water partition coefficient (Wildman–Crippen LogP) is 6.45. The van der Waals surface area contributed by atoms with Gasteiger partial charge in [0.15, 0.2) is 0 Å². The summed E-state index contributed by atoms with van der Waals surface area (Å²) in [6.07, 6.45) is 5.69. The molecular formula is C31H31N3O3. The fourth-order valence-electron chi connectivity index (χ4n) is 5.65. The number of rotatable bonds is 5. The second kappa shape index (κ2) is 10.1. The summed E-state index contributed by atoms with van der Waals surface area (Å²) in [6.45, 7) is 0.716. The first-order chi connectivity index (χ1) is 18.2. The van der Waals surface area contributed by atoms with Crippen LogP contribution in [0.5, 0.6) is 0 Å². The van der Waals surface area contributed by atoms with Gasteiger partial charge in [-0.1, -0.05) is 48.5 Å². The summed E-state index contributed by atoms with van der Waals surface area (Å²) in [6, 6.07) is 23.5. The lowest BCUT2D eigenvalue weighted by molar-refractivity contribution is -0.120. The maximum atomic E-state index is 13.2. The topological polar surface area (TPSA) is 74.4 Å². The number of likely N-dealkylation sites (tertiary alicyclic amines) is 1. The summed E-state index contributed by atoms with van der Waals surface area (Å²) >= 11 is 0. The molecule has 1 aliphatic carbocycles. The summed E-state index contributed by atoms with van der Waals surface area (Å²) in [5.41, 5.74) is 7.85. The number of carbonyl (C=O) groups excluding carboxylic acids is 2. The lowest BCUT2D eigenvalue weighted by Crippen LogP contribution is -2.43. The minimum absolute atomic E-state index is 0.179. The molecule has 1 unspecified atom stereocenters. The molecule has 1 saturated heterocycles. The quantitative estimate of drug-likeness (QED) is 0.335. The molecule has 6 rings (SSSR count). The molecule has 37 heavy (non-hydrogen) atoms. The van der Waals surface area contributed by atoms with Crippen molar-refractivity contribution < 1.29 is 14.3 Å². The van der Waals surface area contributed by atoms with Crippen molar-refractivity contribution in [2.75, 3.05) is 11.9 Å². The fraction of sp³-hybridized carbons (Fsp3) is 0.290. The van der Waals surface area contributed by atoms with Crippen molar-refractivity contribution in [2.24, 2.45) is 0 Å². The van der Waals surface area contributed by atoms with Crippen molar-refractivity contribution >= 4 is 28.6 Å². The smallest absolute Gasteiger partial charge is 0.410 e. The van der Waals surface area contributed by atoms with Gasteiger partial charge in [-0.05, 0) is 85.0 Å². The summed E-state index contributed by atoms with van der Waals surface area (Å²) in [7, 11) is 0. The highest BCUT2D eigenvalue weighted by Crippen LogP contribution is 2.33. The van der Waals surface area contributed by atoms with E-state index >= 15 is 0 Å². The Labute approximate surface area is 216 Å². The van der Waals surface area contributed by atoms with E-state index < -0.39 is 12.1 Å². The van der Waals surface area contributed by atoms with Crippen LogP contribution in [0.25, 0.3) is 22.0 Å². The van der Waals surface area contributed by atoms with Crippen LogP contribution in [0.1, 0.15) is 42.5 Å². The first kappa shape index (κ1) is 23.3. The highest BCUT2D eigenvalue weighted by atomic mass is 16.6. The molecule has 4 aromatic rings. The third-order valence-electron chi connectivity index (χ3n) is 7.56. The summed E-state index contributed by atoms with van der Waals surface area (Å²) in [4.78, 5) is 31.1. The second-order valence-corrected chi connectivity index (χ2v) is 10.0. The number of fused-ring (bicyclic) bond motifs is 3. The zero-order valence-electron chi connectivity index (χ0n) is 20.8. The number of hydrogen-bond acceptors (Lipinski definition) is 3. The number of aromatic nitrogens is 1. The van der Waals surface area contributed by atoms with Crippen LogP contribution in [0, 0.1) is 0 Å². The first-order valence-corrected chi connectivity index (χ1v) is 13.2. The summed E-state index contributed by atoms with van der Waals surface area (Å²) < 4.78 is 5.49. The summed E-state index contributed by atoms with van der Waals surface area (Å²) in [5, 5.41) is 4.34. The number of H-pyrrole nitrogens is 1. The van der Waals surface area contributed by atoms with Crippen LogP contribution in [0.3, 0.4) is 0 Å². The lowest BCUT2D eigenvalue weighted by atomic mass is 9.94. The maximum absolute atomic E-state index is 13.2. The molecule has 0 saturated carbocycles. The molecule has 1 fully saturated rings. The third kappa shape index (κ3) is 4.84. The van der Waals surface area contributed by atoms with Crippen molar-refractivity contribution in [3.63, 3.8) is 0 Å². The van der Waals surface area contributed by atoms with Gasteiger partial charge in [0.25, 0.3) is 0 Å². The van der Waals surface area contributed by atoms with Gasteiger partial charge in [0, 0.05) is 28.8 Å². The Hall–Kier alpha value is -4.06. The number of amides is 2. The van der Waals surface area contributed by atoms with E-state index in [1.807, 2.05) is 48.5 Å². The van der Waals surface area contributed by atoms with Crippen LogP contribution in [0.2, 0.25) is 0 Å². The van der Waals surface area contributed by atoms with E-state index in [9.17, 15) is 9.59 Å². The fourth-order valence-corrected chi connectivity index (χ4v) is 5.65. The number of nitrogens with zero attached hydrogens (tertiary/aromatic N) is 1. The molecule has 2 heterocycles. The molecule has 3 aromatic carbocycles. The molecule has 1 aliphatic heterocycles. The molecule has 6 heteroatoms. The Morgan fingerprint density at radius 1 is 0.919 bits per heavy atom. The number of hydrogen-bond donors (Lipinski definition) is 2. The van der Waals surface area contributed by atoms with Crippen LogP contribution >= 0.6 is 0 Å². The zero-order chi connectivity index (χ0) is 25.2. The summed E-state index contributed by atoms with van der Waals surface area (Å²) in [5.74, 6) is -0.179. The average Bonchev–Trinajstić information content (AvgIpc) is 3.57. The van der Waals surface area contributed by atoms with Crippen LogP contribution < -0.4 is 5.32 Å². The van der Waals surface area contributed by atoms with E-state index in [4.69, 9.17) is 4.74 Å². The number of anilines is 1. The van der Waals surface area contributed by atoms with Crippen molar-refractivity contribution in [2.45, 2.75) is 51.2 Å². The monoisotopic (exact) mass is 493 g/mol. The Kier molecular flexibility index (Phi) is 6.39. The van der Waals surface area contributed by atoms with Gasteiger partial charge < -0.3 is 15.0 Å². The number of aryl methyl sites for hydroxylation is 2. The Balaban J connectivity index is 1.15. The highest BCUT2D eigenvalue weighted by Gasteiger charge is 2.35. The SMILES string of the molecule is O=C(Nc1cccc(-c2ccc3[nH]c4c(c3c2)CCCC4)c1)C1CCCN1C(=O)OCc1ccccc1. The van der Waals surface area contributed by atoms with Gasteiger partial charge in [-0.25, -0.2) is 4.79 Å². The van der Waals surface area contributed by atoms with E-state index in [0.29, 0.717) is 13.0 Å². The molecule has 2 N–H and O–H groups in total. The molecular weight excluding hydrogens is 462 g/mol. The maximum Gasteiger partial charge on any atom is 0.410 e. The average molecular weight is 494 g/mol. The van der Waals surface area contributed by atoms with E-state index in [0.717, 1.165) is 41.6 Å². The normalized spacial score (nSPS) is 17.0. The van der Waals surface area contributed by atoms with Gasteiger partial charge in [-0.3, -0.25) is 9.69 Å². The predicted molar refractivity (Wildman–Crippen MR) is 145 cm³/mol. The van der Waals surface area contributed by atoms with Crippen LogP contribution in [0.15, 0.2) is 72.8 Å².